The van der Waals surface area contributed by atoms with Gasteiger partial charge in [-0.3, -0.25) is 4.79 Å². The summed E-state index contributed by atoms with van der Waals surface area (Å²) >= 11 is 12.9. The van der Waals surface area contributed by atoms with Crippen molar-refractivity contribution in [1.82, 2.24) is 19.9 Å². The molecular weight excluding hydrogens is 383 g/mol. The zero-order chi connectivity index (χ0) is 17.8. The monoisotopic (exact) mass is 394 g/mol. The van der Waals surface area contributed by atoms with E-state index < -0.39 is 0 Å². The number of hydrogen-bond donors (Lipinski definition) is 2. The van der Waals surface area contributed by atoms with E-state index in [0.29, 0.717) is 26.8 Å². The number of halogens is 2. The molecule has 0 aliphatic carbocycles. The number of nitrogens with two attached hydrogens (primary N) is 1. The summed E-state index contributed by atoms with van der Waals surface area (Å²) in [5.41, 5.74) is 0.740. The van der Waals surface area contributed by atoms with Crippen molar-refractivity contribution in [2.75, 3.05) is 16.9 Å². The number of aromatic nitrogens is 4. The maximum Gasteiger partial charge on any atom is 0.236 e. The largest absolute Gasteiger partial charge is 0.335 e. The number of pyridine rings is 1. The zero-order valence-corrected chi connectivity index (χ0v) is 15.0. The fourth-order valence-electron chi connectivity index (χ4n) is 1.96. The summed E-state index contributed by atoms with van der Waals surface area (Å²) < 4.78 is 1.32. The third-order valence-corrected chi connectivity index (χ3v) is 4.48. The predicted octanol–water partition coefficient (Wildman–Crippen LogP) is 3.09. The van der Waals surface area contributed by atoms with Crippen molar-refractivity contribution in [2.45, 2.75) is 5.16 Å². The molecule has 0 bridgehead atoms. The zero-order valence-electron chi connectivity index (χ0n) is 12.7. The van der Waals surface area contributed by atoms with E-state index in [1.165, 1.54) is 10.9 Å². The number of carbonyl (C=O) groups excluding carboxylic acids is 1. The highest BCUT2D eigenvalue weighted by molar-refractivity contribution is 7.99. The first-order chi connectivity index (χ1) is 12.0. The van der Waals surface area contributed by atoms with Crippen LogP contribution in [0.4, 0.5) is 5.82 Å². The van der Waals surface area contributed by atoms with Gasteiger partial charge in [0.15, 0.2) is 5.82 Å². The van der Waals surface area contributed by atoms with Gasteiger partial charge in [-0.25, -0.2) is 9.66 Å². The summed E-state index contributed by atoms with van der Waals surface area (Å²) in [5, 5.41) is 12.2. The molecule has 3 aromatic rings. The second-order valence-corrected chi connectivity index (χ2v) is 6.70. The Hall–Kier alpha value is -2.29. The van der Waals surface area contributed by atoms with Gasteiger partial charge in [-0.05, 0) is 24.3 Å². The Bertz CT molecular complexity index is 899. The Labute approximate surface area is 157 Å². The van der Waals surface area contributed by atoms with E-state index in [0.717, 1.165) is 17.3 Å². The van der Waals surface area contributed by atoms with Crippen molar-refractivity contribution in [3.05, 3.63) is 52.6 Å². The summed E-state index contributed by atoms with van der Waals surface area (Å²) in [7, 11) is 0. The van der Waals surface area contributed by atoms with Gasteiger partial charge < -0.3 is 11.2 Å². The maximum atomic E-state index is 12.0. The Balaban J connectivity index is 1.64. The summed E-state index contributed by atoms with van der Waals surface area (Å²) in [6.07, 6.45) is 1.46. The first-order valence-corrected chi connectivity index (χ1v) is 8.78. The third kappa shape index (κ3) is 4.41. The molecule has 0 radical (unpaired) electrons. The van der Waals surface area contributed by atoms with Crippen LogP contribution >= 0.6 is 35.0 Å². The van der Waals surface area contributed by atoms with Crippen molar-refractivity contribution in [1.29, 1.82) is 0 Å². The van der Waals surface area contributed by atoms with Crippen LogP contribution in [0, 0.1) is 0 Å². The lowest BCUT2D eigenvalue weighted by molar-refractivity contribution is -0.113. The molecule has 0 unspecified atom stereocenters. The lowest BCUT2D eigenvalue weighted by Gasteiger charge is -2.05. The van der Waals surface area contributed by atoms with Crippen molar-refractivity contribution in [2.24, 2.45) is 0 Å². The third-order valence-electron chi connectivity index (χ3n) is 3.07. The van der Waals surface area contributed by atoms with E-state index in [4.69, 9.17) is 29.0 Å². The Kier molecular flexibility index (Phi) is 5.42. The standard InChI is InChI=1S/C15H12Cl2N6OS/c16-10-3-1-2-9(6-10)14-21-22-15(23(14)18)25-8-13(24)20-12-5-4-11(17)7-19-12/h1-7H,8,18H2,(H,19,20,24). The molecule has 0 fully saturated rings. The average molecular weight is 395 g/mol. The van der Waals surface area contributed by atoms with Gasteiger partial charge in [-0.15, -0.1) is 10.2 Å². The van der Waals surface area contributed by atoms with E-state index in [2.05, 4.69) is 20.5 Å². The summed E-state index contributed by atoms with van der Waals surface area (Å²) in [6, 6.07) is 10.4. The van der Waals surface area contributed by atoms with Crippen LogP contribution in [-0.4, -0.2) is 31.5 Å². The van der Waals surface area contributed by atoms with E-state index in [1.807, 2.05) is 6.07 Å². The van der Waals surface area contributed by atoms with Crippen molar-refractivity contribution in [3.8, 4) is 11.4 Å². The quantitative estimate of drug-likeness (QED) is 0.509. The normalized spacial score (nSPS) is 10.6. The van der Waals surface area contributed by atoms with Gasteiger partial charge in [-0.2, -0.15) is 0 Å². The van der Waals surface area contributed by atoms with Crippen LogP contribution < -0.4 is 11.2 Å². The smallest absolute Gasteiger partial charge is 0.236 e. The topological polar surface area (TPSA) is 98.7 Å². The number of rotatable bonds is 5. The molecule has 25 heavy (non-hydrogen) atoms. The predicted molar refractivity (Wildman–Crippen MR) is 99.2 cm³/mol. The van der Waals surface area contributed by atoms with Gasteiger partial charge in [0.2, 0.25) is 11.1 Å². The molecule has 3 N–H and O–H groups in total. The van der Waals surface area contributed by atoms with Crippen LogP contribution in [0.2, 0.25) is 10.0 Å². The molecule has 3 rings (SSSR count). The fourth-order valence-corrected chi connectivity index (χ4v) is 2.92. The average Bonchev–Trinajstić information content (AvgIpc) is 2.96. The molecule has 0 aliphatic heterocycles. The minimum Gasteiger partial charge on any atom is -0.335 e. The highest BCUT2D eigenvalue weighted by Gasteiger charge is 2.14. The number of benzene rings is 1. The van der Waals surface area contributed by atoms with Crippen LogP contribution in [0.5, 0.6) is 0 Å². The van der Waals surface area contributed by atoms with Gasteiger partial charge in [0.25, 0.3) is 0 Å². The first-order valence-electron chi connectivity index (χ1n) is 7.03. The van der Waals surface area contributed by atoms with Gasteiger partial charge >= 0.3 is 0 Å². The van der Waals surface area contributed by atoms with Crippen molar-refractivity contribution in [3.63, 3.8) is 0 Å². The van der Waals surface area contributed by atoms with E-state index in [1.54, 1.807) is 30.3 Å². The molecular formula is C15H12Cl2N6OS. The highest BCUT2D eigenvalue weighted by Crippen LogP contribution is 2.23. The number of hydrogen-bond acceptors (Lipinski definition) is 6. The molecule has 2 aromatic heterocycles. The fraction of sp³-hybridized carbons (Fsp3) is 0.0667. The molecule has 0 saturated carbocycles. The minimum absolute atomic E-state index is 0.106. The Morgan fingerprint density at radius 3 is 2.76 bits per heavy atom. The number of nitrogens with one attached hydrogen (secondary N) is 1. The summed E-state index contributed by atoms with van der Waals surface area (Å²) in [6.45, 7) is 0. The first kappa shape index (κ1) is 17.5. The molecule has 7 nitrogen and oxygen atoms in total. The number of anilines is 1. The van der Waals surface area contributed by atoms with Gasteiger partial charge in [0.05, 0.1) is 10.8 Å². The minimum atomic E-state index is -0.243. The van der Waals surface area contributed by atoms with E-state index in [-0.39, 0.29) is 11.7 Å². The Morgan fingerprint density at radius 2 is 2.04 bits per heavy atom. The van der Waals surface area contributed by atoms with Crippen LogP contribution in [0.15, 0.2) is 47.8 Å². The van der Waals surface area contributed by atoms with Gasteiger partial charge in [0.1, 0.15) is 5.82 Å². The molecule has 0 aliphatic rings. The van der Waals surface area contributed by atoms with Crippen LogP contribution in [-0.2, 0) is 4.79 Å². The van der Waals surface area contributed by atoms with Gasteiger partial charge in [0, 0.05) is 16.8 Å². The van der Waals surface area contributed by atoms with Crippen molar-refractivity contribution < 1.29 is 4.79 Å². The van der Waals surface area contributed by atoms with Gasteiger partial charge in [-0.1, -0.05) is 47.1 Å². The highest BCUT2D eigenvalue weighted by atomic mass is 35.5. The lowest BCUT2D eigenvalue weighted by Crippen LogP contribution is -2.17. The lowest BCUT2D eigenvalue weighted by atomic mass is 10.2. The molecule has 1 amide bonds. The Morgan fingerprint density at radius 1 is 1.20 bits per heavy atom. The van der Waals surface area contributed by atoms with Crippen molar-refractivity contribution >= 4 is 46.7 Å². The number of nitrogens with zero attached hydrogens (tertiary/aromatic N) is 4. The maximum absolute atomic E-state index is 12.0. The SMILES string of the molecule is Nn1c(SCC(=O)Nc2ccc(Cl)cn2)nnc1-c1cccc(Cl)c1. The molecule has 0 saturated heterocycles. The molecule has 2 heterocycles. The number of thioether (sulfide) groups is 1. The molecule has 0 atom stereocenters. The van der Waals surface area contributed by atoms with Crippen LogP contribution in [0.3, 0.4) is 0 Å². The number of nitrogen functional groups attached to an aromatic ring is 1. The molecule has 0 spiro atoms. The summed E-state index contributed by atoms with van der Waals surface area (Å²) in [5.74, 6) is 6.76. The molecule has 10 heteroatoms. The van der Waals surface area contributed by atoms with Crippen LogP contribution in [0.1, 0.15) is 0 Å². The van der Waals surface area contributed by atoms with E-state index in [9.17, 15) is 4.79 Å². The molecule has 1 aromatic carbocycles. The van der Waals surface area contributed by atoms with E-state index >= 15 is 0 Å². The number of carbonyl (C=O) groups is 1. The van der Waals surface area contributed by atoms with Crippen LogP contribution in [0.25, 0.3) is 11.4 Å². The number of amides is 1. The summed E-state index contributed by atoms with van der Waals surface area (Å²) in [4.78, 5) is 16.0. The second kappa shape index (κ2) is 7.73. The molecule has 128 valence electrons. The second-order valence-electron chi connectivity index (χ2n) is 4.89.